The van der Waals surface area contributed by atoms with Crippen molar-refractivity contribution in [3.63, 3.8) is 0 Å². The van der Waals surface area contributed by atoms with Gasteiger partial charge >= 0.3 is 0 Å². The molecule has 0 aromatic heterocycles. The van der Waals surface area contributed by atoms with E-state index < -0.39 is 0 Å². The van der Waals surface area contributed by atoms with Crippen molar-refractivity contribution in [2.75, 3.05) is 6.54 Å². The summed E-state index contributed by atoms with van der Waals surface area (Å²) in [6, 6.07) is 0.485. The van der Waals surface area contributed by atoms with Crippen molar-refractivity contribution in [2.45, 2.75) is 54.0 Å². The van der Waals surface area contributed by atoms with Crippen molar-refractivity contribution in [3.8, 4) is 0 Å². The molecule has 0 radical (unpaired) electrons. The van der Waals surface area contributed by atoms with Gasteiger partial charge in [-0.25, -0.2) is 0 Å². The molecule has 0 aromatic carbocycles. The molecule has 84 valence electrons. The fourth-order valence-electron chi connectivity index (χ4n) is 1.39. The molecule has 0 bridgehead atoms. The topological polar surface area (TPSA) is 20.3 Å². The van der Waals surface area contributed by atoms with Gasteiger partial charge in [0.15, 0.2) is 0 Å². The lowest BCUT2D eigenvalue weighted by Crippen LogP contribution is -2.51. The van der Waals surface area contributed by atoms with E-state index in [-0.39, 0.29) is 5.92 Å². The molecule has 14 heavy (non-hydrogen) atoms. The monoisotopic (exact) mass is 199 g/mol. The molecule has 1 aliphatic rings. The summed E-state index contributed by atoms with van der Waals surface area (Å²) < 4.78 is 0. The molecule has 2 nitrogen and oxygen atoms in total. The van der Waals surface area contributed by atoms with E-state index in [9.17, 15) is 4.79 Å². The summed E-state index contributed by atoms with van der Waals surface area (Å²) in [6.45, 7) is 13.3. The summed E-state index contributed by atoms with van der Waals surface area (Å²) in [5.74, 6) is 0.988. The van der Waals surface area contributed by atoms with Gasteiger partial charge in [0.05, 0.1) is 0 Å². The molecular weight excluding hydrogens is 174 g/mol. The predicted molar refractivity (Wildman–Crippen MR) is 61.1 cm³/mol. The summed E-state index contributed by atoms with van der Waals surface area (Å²) in [4.78, 5) is 13.7. The van der Waals surface area contributed by atoms with Gasteiger partial charge in [-0.2, -0.15) is 0 Å². The number of rotatable bonds is 2. The van der Waals surface area contributed by atoms with Gasteiger partial charge in [-0.15, -0.1) is 0 Å². The van der Waals surface area contributed by atoms with Crippen LogP contribution >= 0.6 is 0 Å². The molecule has 0 N–H and O–H groups in total. The number of hydrogen-bond acceptors (Lipinski definition) is 1. The highest BCUT2D eigenvalue weighted by molar-refractivity contribution is 5.79. The zero-order valence-electron chi connectivity index (χ0n) is 10.5. The van der Waals surface area contributed by atoms with Crippen molar-refractivity contribution in [1.82, 2.24) is 4.90 Å². The Morgan fingerprint density at radius 3 is 2.00 bits per heavy atom. The van der Waals surface area contributed by atoms with E-state index in [1.165, 1.54) is 6.42 Å². The molecule has 2 unspecified atom stereocenters. The number of hydrogen-bond donors (Lipinski definition) is 0. The fraction of sp³-hybridized carbons (Fsp3) is 0.917. The first-order valence-electron chi connectivity index (χ1n) is 5.84. The first kappa shape index (κ1) is 13.5. The minimum Gasteiger partial charge on any atom is -0.340 e. The van der Waals surface area contributed by atoms with Crippen LogP contribution in [0.3, 0.4) is 0 Å². The lowest BCUT2D eigenvalue weighted by Gasteiger charge is -2.40. The average Bonchev–Trinajstić information content (AvgIpc) is 2.17. The van der Waals surface area contributed by atoms with E-state index in [2.05, 4.69) is 20.8 Å². The molecule has 0 spiro atoms. The van der Waals surface area contributed by atoms with E-state index in [4.69, 9.17) is 0 Å². The molecule has 0 aliphatic carbocycles. The van der Waals surface area contributed by atoms with E-state index >= 15 is 0 Å². The fourth-order valence-corrected chi connectivity index (χ4v) is 1.39. The molecule has 2 heteroatoms. The molecule has 1 fully saturated rings. The molecule has 2 atom stereocenters. The second-order valence-corrected chi connectivity index (χ2v) is 4.20. The lowest BCUT2D eigenvalue weighted by molar-refractivity contribution is -0.143. The molecule has 1 rings (SSSR count). The van der Waals surface area contributed by atoms with Crippen LogP contribution in [-0.2, 0) is 4.79 Å². The lowest BCUT2D eigenvalue weighted by atomic mass is 9.93. The van der Waals surface area contributed by atoms with Crippen LogP contribution in [0.2, 0.25) is 0 Å². The number of carbonyl (C=O) groups excluding carboxylic acids is 1. The molecule has 1 heterocycles. The maximum Gasteiger partial charge on any atom is 0.225 e. The van der Waals surface area contributed by atoms with E-state index in [1.807, 2.05) is 25.7 Å². The third kappa shape index (κ3) is 3.00. The summed E-state index contributed by atoms with van der Waals surface area (Å²) in [6.07, 6.45) is 1.18. The Morgan fingerprint density at radius 2 is 1.79 bits per heavy atom. The van der Waals surface area contributed by atoms with Crippen LogP contribution in [0.1, 0.15) is 48.0 Å². The smallest absolute Gasteiger partial charge is 0.225 e. The second kappa shape index (κ2) is 6.05. The van der Waals surface area contributed by atoms with Crippen LogP contribution in [-0.4, -0.2) is 23.4 Å². The van der Waals surface area contributed by atoms with Crippen LogP contribution in [0.25, 0.3) is 0 Å². The number of amides is 1. The summed E-state index contributed by atoms with van der Waals surface area (Å²) in [5.41, 5.74) is 0. The van der Waals surface area contributed by atoms with Gasteiger partial charge in [0.1, 0.15) is 0 Å². The van der Waals surface area contributed by atoms with Gasteiger partial charge in [-0.1, -0.05) is 34.6 Å². The van der Waals surface area contributed by atoms with Gasteiger partial charge in [0.2, 0.25) is 5.91 Å². The zero-order chi connectivity index (χ0) is 11.3. The average molecular weight is 199 g/mol. The van der Waals surface area contributed by atoms with Crippen LogP contribution in [0.5, 0.6) is 0 Å². The highest BCUT2D eigenvalue weighted by Crippen LogP contribution is 2.22. The first-order chi connectivity index (χ1) is 6.54. The normalized spacial score (nSPS) is 22.2. The van der Waals surface area contributed by atoms with E-state index in [0.717, 1.165) is 6.54 Å². The van der Waals surface area contributed by atoms with Crippen molar-refractivity contribution < 1.29 is 4.79 Å². The maximum absolute atomic E-state index is 11.7. The Labute approximate surface area is 88.7 Å². The molecule has 0 aromatic rings. The third-order valence-electron chi connectivity index (χ3n) is 2.99. The zero-order valence-corrected chi connectivity index (χ0v) is 10.5. The van der Waals surface area contributed by atoms with Crippen LogP contribution < -0.4 is 0 Å². The molecular formula is C12H25NO. The van der Waals surface area contributed by atoms with Gasteiger partial charge < -0.3 is 4.90 Å². The standard InChI is InChI=1S/C10H19NO.C2H6/c1-7(2)9(4)10(12)11-6-5-8(11)3;1-2/h7-9H,5-6H2,1-4H3;1-2H3. The molecule has 1 amide bonds. The SMILES string of the molecule is CC.CC(C)C(C)C(=O)N1CCC1C. The Balaban J connectivity index is 0.000000791. The molecule has 1 aliphatic heterocycles. The molecule has 1 saturated heterocycles. The van der Waals surface area contributed by atoms with Gasteiger partial charge in [0, 0.05) is 18.5 Å². The maximum atomic E-state index is 11.7. The van der Waals surface area contributed by atoms with Crippen molar-refractivity contribution in [2.24, 2.45) is 11.8 Å². The van der Waals surface area contributed by atoms with Crippen LogP contribution in [0.15, 0.2) is 0 Å². The largest absolute Gasteiger partial charge is 0.340 e. The predicted octanol–water partition coefficient (Wildman–Crippen LogP) is 2.93. The number of likely N-dealkylation sites (tertiary alicyclic amines) is 1. The van der Waals surface area contributed by atoms with Crippen LogP contribution in [0, 0.1) is 11.8 Å². The summed E-state index contributed by atoms with van der Waals surface area (Å²) in [5, 5.41) is 0. The first-order valence-corrected chi connectivity index (χ1v) is 5.84. The Hall–Kier alpha value is -0.530. The summed E-state index contributed by atoms with van der Waals surface area (Å²) >= 11 is 0. The quantitative estimate of drug-likeness (QED) is 0.669. The Bertz CT molecular complexity index is 168. The minimum atomic E-state index is 0.188. The van der Waals surface area contributed by atoms with E-state index in [1.54, 1.807) is 0 Å². The van der Waals surface area contributed by atoms with Gasteiger partial charge in [0.25, 0.3) is 0 Å². The van der Waals surface area contributed by atoms with Gasteiger partial charge in [-0.05, 0) is 19.3 Å². The van der Waals surface area contributed by atoms with Crippen LogP contribution in [0.4, 0.5) is 0 Å². The Kier molecular flexibility index (Phi) is 5.82. The highest BCUT2D eigenvalue weighted by atomic mass is 16.2. The van der Waals surface area contributed by atoms with Gasteiger partial charge in [-0.3, -0.25) is 4.79 Å². The molecule has 0 saturated carbocycles. The minimum absolute atomic E-state index is 0.188. The van der Waals surface area contributed by atoms with E-state index in [0.29, 0.717) is 17.9 Å². The summed E-state index contributed by atoms with van der Waals surface area (Å²) in [7, 11) is 0. The number of nitrogens with zero attached hydrogens (tertiary/aromatic N) is 1. The van der Waals surface area contributed by atoms with Crippen molar-refractivity contribution in [1.29, 1.82) is 0 Å². The Morgan fingerprint density at radius 1 is 1.29 bits per heavy atom. The highest BCUT2D eigenvalue weighted by Gasteiger charge is 2.31. The number of carbonyl (C=O) groups is 1. The second-order valence-electron chi connectivity index (χ2n) is 4.20. The van der Waals surface area contributed by atoms with Crippen molar-refractivity contribution in [3.05, 3.63) is 0 Å². The van der Waals surface area contributed by atoms with Crippen molar-refractivity contribution >= 4 is 5.91 Å². The third-order valence-corrected chi connectivity index (χ3v) is 2.99.